The summed E-state index contributed by atoms with van der Waals surface area (Å²) in [5, 5.41) is 7.51. The van der Waals surface area contributed by atoms with Crippen molar-refractivity contribution in [3.8, 4) is 44.5 Å². The van der Waals surface area contributed by atoms with Crippen molar-refractivity contribution < 1.29 is 0 Å². The average Bonchev–Trinajstić information content (AvgIpc) is 3.07. The third kappa shape index (κ3) is 4.45. The van der Waals surface area contributed by atoms with Gasteiger partial charge in [-0.3, -0.25) is 9.97 Å². The number of hydrogen-bond donors (Lipinski definition) is 0. The predicted octanol–water partition coefficient (Wildman–Crippen LogP) is 10.9. The Balaban J connectivity index is 1.27. The molecule has 0 aliphatic heterocycles. The third-order valence-electron chi connectivity index (χ3n) is 8.42. The maximum absolute atomic E-state index is 4.57. The second kappa shape index (κ2) is 10.3. The number of benzene rings is 6. The van der Waals surface area contributed by atoms with E-state index in [1.807, 2.05) is 31.6 Å². The van der Waals surface area contributed by atoms with Crippen molar-refractivity contribution in [2.45, 2.75) is 6.92 Å². The quantitative estimate of drug-likeness (QED) is 0.204. The number of nitrogens with zero attached hydrogens (tertiary/aromatic N) is 2. The molecule has 2 aromatic heterocycles. The van der Waals surface area contributed by atoms with E-state index in [0.717, 1.165) is 27.9 Å². The van der Waals surface area contributed by atoms with Gasteiger partial charge < -0.3 is 0 Å². The van der Waals surface area contributed by atoms with E-state index in [-0.39, 0.29) is 0 Å². The summed E-state index contributed by atoms with van der Waals surface area (Å²) >= 11 is 0. The van der Waals surface area contributed by atoms with Crippen molar-refractivity contribution in [1.29, 1.82) is 0 Å². The predicted molar refractivity (Wildman–Crippen MR) is 181 cm³/mol. The monoisotopic (exact) mass is 548 g/mol. The largest absolute Gasteiger partial charge is 0.263 e. The SMILES string of the molecule is Cc1cc(-c2cncc(-c3ccc4cc(-c5c6ccccc6c(-c6ccccc6)c6ccccc56)ccc4c3)c2)ccn1. The molecule has 2 nitrogen and oxygen atoms in total. The van der Waals surface area contributed by atoms with Crippen LogP contribution in [0.4, 0.5) is 0 Å². The van der Waals surface area contributed by atoms with Crippen molar-refractivity contribution in [3.63, 3.8) is 0 Å². The van der Waals surface area contributed by atoms with Gasteiger partial charge in [0.15, 0.2) is 0 Å². The summed E-state index contributed by atoms with van der Waals surface area (Å²) in [4.78, 5) is 8.91. The molecule has 0 atom stereocenters. The molecular formula is C41H28N2. The van der Waals surface area contributed by atoms with Crippen LogP contribution in [0.15, 0.2) is 152 Å². The van der Waals surface area contributed by atoms with E-state index in [1.54, 1.807) is 0 Å². The first kappa shape index (κ1) is 25.1. The van der Waals surface area contributed by atoms with E-state index in [4.69, 9.17) is 0 Å². The van der Waals surface area contributed by atoms with Gasteiger partial charge in [-0.15, -0.1) is 0 Å². The van der Waals surface area contributed by atoms with Gasteiger partial charge in [-0.05, 0) is 103 Å². The molecule has 0 saturated heterocycles. The number of pyridine rings is 2. The summed E-state index contributed by atoms with van der Waals surface area (Å²) in [6.07, 6.45) is 5.72. The average molecular weight is 549 g/mol. The summed E-state index contributed by atoms with van der Waals surface area (Å²) in [5.41, 5.74) is 10.5. The summed E-state index contributed by atoms with van der Waals surface area (Å²) in [6, 6.07) is 48.3. The van der Waals surface area contributed by atoms with E-state index >= 15 is 0 Å². The fourth-order valence-corrected chi connectivity index (χ4v) is 6.42. The van der Waals surface area contributed by atoms with Crippen LogP contribution in [-0.4, -0.2) is 9.97 Å². The fourth-order valence-electron chi connectivity index (χ4n) is 6.42. The Morgan fingerprint density at radius 2 is 0.907 bits per heavy atom. The van der Waals surface area contributed by atoms with Gasteiger partial charge in [0.05, 0.1) is 0 Å². The second-order valence-corrected chi connectivity index (χ2v) is 11.1. The first-order valence-corrected chi connectivity index (χ1v) is 14.6. The third-order valence-corrected chi connectivity index (χ3v) is 8.42. The van der Waals surface area contributed by atoms with Gasteiger partial charge in [-0.1, -0.05) is 103 Å². The zero-order valence-electron chi connectivity index (χ0n) is 23.8. The zero-order chi connectivity index (χ0) is 28.8. The molecule has 8 rings (SSSR count). The summed E-state index contributed by atoms with van der Waals surface area (Å²) in [7, 11) is 0. The summed E-state index contributed by atoms with van der Waals surface area (Å²) in [6.45, 7) is 2.02. The Morgan fingerprint density at radius 1 is 0.395 bits per heavy atom. The molecule has 0 N–H and O–H groups in total. The molecule has 6 aromatic carbocycles. The number of aryl methyl sites for hydroxylation is 1. The smallest absolute Gasteiger partial charge is 0.0378 e. The molecule has 0 fully saturated rings. The van der Waals surface area contributed by atoms with Crippen LogP contribution in [-0.2, 0) is 0 Å². The van der Waals surface area contributed by atoms with Crippen molar-refractivity contribution >= 4 is 32.3 Å². The highest BCUT2D eigenvalue weighted by Crippen LogP contribution is 2.44. The van der Waals surface area contributed by atoms with Crippen LogP contribution in [0.3, 0.4) is 0 Å². The Hall–Kier alpha value is -5.60. The molecule has 0 radical (unpaired) electrons. The van der Waals surface area contributed by atoms with Crippen LogP contribution < -0.4 is 0 Å². The molecule has 202 valence electrons. The number of rotatable bonds is 4. The van der Waals surface area contributed by atoms with Gasteiger partial charge in [0.1, 0.15) is 0 Å². The maximum Gasteiger partial charge on any atom is 0.0378 e. The summed E-state index contributed by atoms with van der Waals surface area (Å²) < 4.78 is 0. The van der Waals surface area contributed by atoms with E-state index < -0.39 is 0 Å². The van der Waals surface area contributed by atoms with Crippen molar-refractivity contribution in [1.82, 2.24) is 9.97 Å². The standard InChI is InChI=1S/C41H28N2/c1-27-21-32(19-20-43-27)35-24-34(25-42-26-35)31-16-15-30-23-33(18-17-29(30)22-31)41-38-13-7-5-11-36(38)40(28-9-3-2-4-10-28)37-12-6-8-14-39(37)41/h2-26H,1H3. The van der Waals surface area contributed by atoms with Gasteiger partial charge >= 0.3 is 0 Å². The van der Waals surface area contributed by atoms with Gasteiger partial charge in [-0.25, -0.2) is 0 Å². The van der Waals surface area contributed by atoms with Crippen LogP contribution in [0.2, 0.25) is 0 Å². The lowest BCUT2D eigenvalue weighted by molar-refractivity contribution is 1.20. The molecule has 2 heterocycles. The molecule has 0 amide bonds. The Kier molecular flexibility index (Phi) is 6.05. The van der Waals surface area contributed by atoms with Crippen molar-refractivity contribution in [2.24, 2.45) is 0 Å². The first-order chi connectivity index (χ1) is 21.2. The van der Waals surface area contributed by atoms with E-state index in [0.29, 0.717) is 0 Å². The highest BCUT2D eigenvalue weighted by Gasteiger charge is 2.16. The van der Waals surface area contributed by atoms with Crippen LogP contribution in [0.1, 0.15) is 5.69 Å². The van der Waals surface area contributed by atoms with Crippen LogP contribution in [0.25, 0.3) is 76.8 Å². The van der Waals surface area contributed by atoms with Gasteiger partial charge in [-0.2, -0.15) is 0 Å². The molecule has 0 aliphatic carbocycles. The van der Waals surface area contributed by atoms with Crippen LogP contribution >= 0.6 is 0 Å². The summed E-state index contributed by atoms with van der Waals surface area (Å²) in [5.74, 6) is 0. The highest BCUT2D eigenvalue weighted by atomic mass is 14.7. The second-order valence-electron chi connectivity index (χ2n) is 11.1. The molecule has 0 aliphatic rings. The van der Waals surface area contributed by atoms with Gasteiger partial charge in [0, 0.05) is 35.4 Å². The molecule has 2 heteroatoms. The van der Waals surface area contributed by atoms with E-state index in [2.05, 4.69) is 137 Å². The molecule has 0 unspecified atom stereocenters. The van der Waals surface area contributed by atoms with Crippen molar-refractivity contribution in [2.75, 3.05) is 0 Å². The molecule has 0 saturated carbocycles. The van der Waals surface area contributed by atoms with E-state index in [9.17, 15) is 0 Å². The zero-order valence-corrected chi connectivity index (χ0v) is 23.8. The minimum absolute atomic E-state index is 1.000. The molecule has 0 spiro atoms. The fraction of sp³-hybridized carbons (Fsp3) is 0.0244. The van der Waals surface area contributed by atoms with Crippen LogP contribution in [0, 0.1) is 6.92 Å². The minimum atomic E-state index is 1.000. The first-order valence-electron chi connectivity index (χ1n) is 14.6. The lowest BCUT2D eigenvalue weighted by Gasteiger charge is -2.18. The number of aromatic nitrogens is 2. The Morgan fingerprint density at radius 3 is 1.51 bits per heavy atom. The minimum Gasteiger partial charge on any atom is -0.263 e. The molecule has 43 heavy (non-hydrogen) atoms. The number of hydrogen-bond acceptors (Lipinski definition) is 2. The van der Waals surface area contributed by atoms with Gasteiger partial charge in [0.25, 0.3) is 0 Å². The Bertz CT molecular complexity index is 2240. The molecule has 0 bridgehead atoms. The topological polar surface area (TPSA) is 25.8 Å². The normalized spacial score (nSPS) is 11.4. The number of fused-ring (bicyclic) bond motifs is 3. The lowest BCUT2D eigenvalue weighted by Crippen LogP contribution is -1.91. The molecular weight excluding hydrogens is 520 g/mol. The van der Waals surface area contributed by atoms with E-state index in [1.165, 1.54) is 54.6 Å². The lowest BCUT2D eigenvalue weighted by atomic mass is 9.85. The maximum atomic E-state index is 4.57. The highest BCUT2D eigenvalue weighted by molar-refractivity contribution is 6.21. The van der Waals surface area contributed by atoms with Crippen molar-refractivity contribution in [3.05, 3.63) is 158 Å². The van der Waals surface area contributed by atoms with Gasteiger partial charge in [0.2, 0.25) is 0 Å². The van der Waals surface area contributed by atoms with Crippen LogP contribution in [0.5, 0.6) is 0 Å². The Labute approximate surface area is 251 Å². The molecule has 8 aromatic rings.